The van der Waals surface area contributed by atoms with E-state index in [2.05, 4.69) is 121 Å². The molecule has 8 rings (SSSR count). The van der Waals surface area contributed by atoms with Crippen molar-refractivity contribution in [3.63, 3.8) is 0 Å². The lowest BCUT2D eigenvalue weighted by Gasteiger charge is -2.63. The molecule has 37 heavy (non-hydrogen) atoms. The topological polar surface area (TPSA) is 9.23 Å². The van der Waals surface area contributed by atoms with Crippen molar-refractivity contribution in [1.29, 1.82) is 0 Å². The van der Waals surface area contributed by atoms with Gasteiger partial charge in [0.05, 0.1) is 0 Å². The zero-order chi connectivity index (χ0) is 24.7. The Morgan fingerprint density at radius 2 is 0.865 bits per heavy atom. The molecule has 4 fully saturated rings. The standard InChI is InChI=1S/C34H36OSi2/c1-5-13-30(14-6-1)36(31-15-7-2-8-16-31)35-37(32-17-9-3-10-18-32,33-19-11-4-12-20-33)34-24-27-21-28(25-34)23-29(22-27)26-34/h1-20,27-29,36H,21-26H2. The molecule has 0 saturated heterocycles. The second kappa shape index (κ2) is 9.54. The van der Waals surface area contributed by atoms with Gasteiger partial charge in [-0.05, 0) is 82.1 Å². The summed E-state index contributed by atoms with van der Waals surface area (Å²) in [4.78, 5) is 0. The predicted molar refractivity (Wildman–Crippen MR) is 159 cm³/mol. The van der Waals surface area contributed by atoms with Crippen LogP contribution in [0.5, 0.6) is 0 Å². The molecular weight excluding hydrogens is 481 g/mol. The normalized spacial score (nSPS) is 26.5. The molecule has 4 aliphatic carbocycles. The van der Waals surface area contributed by atoms with Crippen LogP contribution >= 0.6 is 0 Å². The summed E-state index contributed by atoms with van der Waals surface area (Å²) >= 11 is 0. The average molecular weight is 517 g/mol. The van der Waals surface area contributed by atoms with Crippen molar-refractivity contribution >= 4 is 38.1 Å². The van der Waals surface area contributed by atoms with E-state index in [0.717, 1.165) is 17.8 Å². The van der Waals surface area contributed by atoms with Crippen molar-refractivity contribution in [3.05, 3.63) is 121 Å². The lowest BCUT2D eigenvalue weighted by atomic mass is 9.56. The van der Waals surface area contributed by atoms with E-state index in [-0.39, 0.29) is 5.04 Å². The third-order valence-corrected chi connectivity index (χ3v) is 18.4. The molecule has 4 saturated carbocycles. The molecule has 3 heteroatoms. The molecule has 4 aromatic carbocycles. The van der Waals surface area contributed by atoms with Crippen LogP contribution in [-0.2, 0) is 4.12 Å². The molecule has 0 spiro atoms. The van der Waals surface area contributed by atoms with Crippen molar-refractivity contribution in [2.75, 3.05) is 0 Å². The van der Waals surface area contributed by atoms with Gasteiger partial charge in [0.15, 0.2) is 0 Å². The second-order valence-corrected chi connectivity index (χ2v) is 18.5. The summed E-state index contributed by atoms with van der Waals surface area (Å²) in [6, 6.07) is 45.4. The Hall–Kier alpha value is -2.73. The van der Waals surface area contributed by atoms with Gasteiger partial charge in [-0.15, -0.1) is 0 Å². The molecule has 4 aromatic rings. The summed E-state index contributed by atoms with van der Waals surface area (Å²) in [7, 11) is -4.65. The number of rotatable bonds is 7. The molecule has 0 heterocycles. The highest BCUT2D eigenvalue weighted by Crippen LogP contribution is 2.67. The first-order chi connectivity index (χ1) is 18.3. The maximum Gasteiger partial charge on any atom is 0.251 e. The van der Waals surface area contributed by atoms with E-state index >= 15 is 0 Å². The zero-order valence-electron chi connectivity index (χ0n) is 21.5. The SMILES string of the molecule is c1ccc([SiH](O[Si](c2ccccc2)(c2ccccc2)C23CC4CC(CC(C4)C2)C3)c2ccccc2)cc1. The van der Waals surface area contributed by atoms with E-state index in [1.165, 1.54) is 59.3 Å². The predicted octanol–water partition coefficient (Wildman–Crippen LogP) is 5.27. The summed E-state index contributed by atoms with van der Waals surface area (Å²) < 4.78 is 8.15. The van der Waals surface area contributed by atoms with Crippen LogP contribution in [0.3, 0.4) is 0 Å². The van der Waals surface area contributed by atoms with Crippen LogP contribution in [0.1, 0.15) is 38.5 Å². The van der Waals surface area contributed by atoms with Crippen molar-refractivity contribution in [1.82, 2.24) is 0 Å². The molecule has 0 radical (unpaired) electrons. The lowest BCUT2D eigenvalue weighted by Crippen LogP contribution is -2.74. The van der Waals surface area contributed by atoms with E-state index in [4.69, 9.17) is 4.12 Å². The third-order valence-electron chi connectivity index (χ3n) is 9.64. The zero-order valence-corrected chi connectivity index (χ0v) is 23.7. The van der Waals surface area contributed by atoms with Gasteiger partial charge in [0.2, 0.25) is 9.04 Å². The number of benzene rings is 4. The summed E-state index contributed by atoms with van der Waals surface area (Å²) in [5.74, 6) is 2.63. The Kier molecular flexibility index (Phi) is 6.03. The van der Waals surface area contributed by atoms with Crippen LogP contribution < -0.4 is 20.7 Å². The van der Waals surface area contributed by atoms with Gasteiger partial charge in [0, 0.05) is 0 Å². The fourth-order valence-corrected chi connectivity index (χ4v) is 19.4. The molecule has 0 N–H and O–H groups in total. The van der Waals surface area contributed by atoms with Crippen LogP contribution in [-0.4, -0.2) is 17.4 Å². The molecular formula is C34H36OSi2. The Labute approximate surface area is 224 Å². The van der Waals surface area contributed by atoms with Gasteiger partial charge in [0.25, 0.3) is 8.32 Å². The van der Waals surface area contributed by atoms with Gasteiger partial charge in [-0.25, -0.2) is 0 Å². The Morgan fingerprint density at radius 3 is 1.24 bits per heavy atom. The summed E-state index contributed by atoms with van der Waals surface area (Å²) in [6.45, 7) is 0. The van der Waals surface area contributed by atoms with Crippen LogP contribution in [0.4, 0.5) is 0 Å². The molecule has 0 amide bonds. The van der Waals surface area contributed by atoms with Crippen LogP contribution in [0.2, 0.25) is 5.04 Å². The number of hydrogen-bond donors (Lipinski definition) is 0. The first-order valence-electron chi connectivity index (χ1n) is 14.1. The molecule has 1 nitrogen and oxygen atoms in total. The van der Waals surface area contributed by atoms with E-state index in [1.54, 1.807) is 0 Å². The average Bonchev–Trinajstić information content (AvgIpc) is 2.95. The largest absolute Gasteiger partial charge is 0.444 e. The Bertz CT molecular complexity index is 1210. The third kappa shape index (κ3) is 3.99. The highest BCUT2D eigenvalue weighted by atomic mass is 28.4. The van der Waals surface area contributed by atoms with Gasteiger partial charge < -0.3 is 4.12 Å². The van der Waals surface area contributed by atoms with E-state index in [0.29, 0.717) is 0 Å². The van der Waals surface area contributed by atoms with Gasteiger partial charge in [-0.3, -0.25) is 0 Å². The molecule has 0 atom stereocenters. The highest BCUT2D eigenvalue weighted by molar-refractivity contribution is 7.05. The second-order valence-electron chi connectivity index (χ2n) is 11.9. The van der Waals surface area contributed by atoms with Gasteiger partial charge >= 0.3 is 0 Å². The van der Waals surface area contributed by atoms with Gasteiger partial charge in [-0.1, -0.05) is 121 Å². The van der Waals surface area contributed by atoms with E-state index < -0.39 is 17.4 Å². The molecule has 0 aliphatic heterocycles. The van der Waals surface area contributed by atoms with Gasteiger partial charge in [0.1, 0.15) is 0 Å². The summed E-state index contributed by atoms with van der Waals surface area (Å²) in [5, 5.41) is 6.00. The summed E-state index contributed by atoms with van der Waals surface area (Å²) in [6.07, 6.45) is 8.39. The molecule has 4 aliphatic rings. The van der Waals surface area contributed by atoms with E-state index in [9.17, 15) is 0 Å². The van der Waals surface area contributed by atoms with Crippen LogP contribution in [0, 0.1) is 17.8 Å². The quantitative estimate of drug-likeness (QED) is 0.304. The van der Waals surface area contributed by atoms with Crippen molar-refractivity contribution in [3.8, 4) is 0 Å². The van der Waals surface area contributed by atoms with Crippen LogP contribution in [0.15, 0.2) is 121 Å². The minimum atomic E-state index is -2.67. The monoisotopic (exact) mass is 516 g/mol. The molecule has 4 bridgehead atoms. The highest BCUT2D eigenvalue weighted by Gasteiger charge is 2.65. The van der Waals surface area contributed by atoms with Gasteiger partial charge in [-0.2, -0.15) is 0 Å². The minimum absolute atomic E-state index is 0.263. The lowest BCUT2D eigenvalue weighted by molar-refractivity contribution is 0.0213. The molecule has 0 aromatic heterocycles. The van der Waals surface area contributed by atoms with Crippen molar-refractivity contribution in [2.24, 2.45) is 17.8 Å². The summed E-state index contributed by atoms with van der Waals surface area (Å²) in [5.41, 5.74) is 0. The van der Waals surface area contributed by atoms with Crippen molar-refractivity contribution < 1.29 is 4.12 Å². The first-order valence-corrected chi connectivity index (χ1v) is 17.7. The maximum atomic E-state index is 8.15. The van der Waals surface area contributed by atoms with Crippen molar-refractivity contribution in [2.45, 2.75) is 43.6 Å². The Balaban J connectivity index is 1.49. The fraction of sp³-hybridized carbons (Fsp3) is 0.294. The number of hydrogen-bond acceptors (Lipinski definition) is 1. The fourth-order valence-electron chi connectivity index (χ4n) is 8.69. The molecule has 0 unspecified atom stereocenters. The first kappa shape index (κ1) is 23.4. The Morgan fingerprint density at radius 1 is 0.514 bits per heavy atom. The van der Waals surface area contributed by atoms with E-state index in [1.807, 2.05) is 0 Å². The molecule has 186 valence electrons. The maximum absolute atomic E-state index is 8.15. The smallest absolute Gasteiger partial charge is 0.251 e. The van der Waals surface area contributed by atoms with Crippen LogP contribution in [0.25, 0.3) is 0 Å². The minimum Gasteiger partial charge on any atom is -0.444 e.